The van der Waals surface area contributed by atoms with Crippen LogP contribution in [0.2, 0.25) is 0 Å². The second-order valence-corrected chi connectivity index (χ2v) is 5.07. The molecule has 7 nitrogen and oxygen atoms in total. The van der Waals surface area contributed by atoms with Gasteiger partial charge in [0.15, 0.2) is 0 Å². The Kier molecular flexibility index (Phi) is 4.96. The molecule has 0 aromatic heterocycles. The highest BCUT2D eigenvalue weighted by atomic mass is 19.1. The molecule has 0 saturated carbocycles. The van der Waals surface area contributed by atoms with Crippen LogP contribution in [0.1, 0.15) is 24.2 Å². The predicted molar refractivity (Wildman–Crippen MR) is 73.2 cm³/mol. The van der Waals surface area contributed by atoms with E-state index in [0.29, 0.717) is 0 Å². The van der Waals surface area contributed by atoms with Crippen LogP contribution in [0.25, 0.3) is 0 Å². The van der Waals surface area contributed by atoms with E-state index in [1.165, 1.54) is 7.05 Å². The number of hydrogen-bond donors (Lipinski definition) is 2. The Bertz CT molecular complexity index is 587. The molecule has 2 amide bonds. The van der Waals surface area contributed by atoms with Crippen LogP contribution >= 0.6 is 0 Å². The van der Waals surface area contributed by atoms with Crippen LogP contribution in [-0.4, -0.2) is 30.3 Å². The van der Waals surface area contributed by atoms with Gasteiger partial charge >= 0.3 is 5.69 Å². The van der Waals surface area contributed by atoms with Crippen molar-refractivity contribution < 1.29 is 18.9 Å². The third kappa shape index (κ3) is 3.98. The van der Waals surface area contributed by atoms with Gasteiger partial charge < -0.3 is 10.6 Å². The van der Waals surface area contributed by atoms with Gasteiger partial charge in [0, 0.05) is 25.2 Å². The van der Waals surface area contributed by atoms with Crippen molar-refractivity contribution in [3.8, 4) is 0 Å². The Hall–Kier alpha value is -2.51. The molecule has 0 bridgehead atoms. The summed E-state index contributed by atoms with van der Waals surface area (Å²) in [6, 6.07) is 2.86. The maximum Gasteiger partial charge on any atom is 0.305 e. The first-order valence-electron chi connectivity index (χ1n) is 6.13. The van der Waals surface area contributed by atoms with E-state index < -0.39 is 27.8 Å². The van der Waals surface area contributed by atoms with Crippen molar-refractivity contribution in [3.05, 3.63) is 39.7 Å². The van der Waals surface area contributed by atoms with E-state index in [1.54, 1.807) is 13.8 Å². The number of halogens is 1. The molecule has 2 N–H and O–H groups in total. The van der Waals surface area contributed by atoms with Crippen molar-refractivity contribution in [1.82, 2.24) is 10.6 Å². The molecule has 0 aliphatic carbocycles. The van der Waals surface area contributed by atoms with Crippen LogP contribution < -0.4 is 10.6 Å². The highest BCUT2D eigenvalue weighted by Crippen LogP contribution is 2.19. The molecule has 0 radical (unpaired) electrons. The lowest BCUT2D eigenvalue weighted by Gasteiger charge is -2.22. The van der Waals surface area contributed by atoms with Crippen LogP contribution in [0.4, 0.5) is 10.1 Å². The number of rotatable bonds is 5. The van der Waals surface area contributed by atoms with Crippen molar-refractivity contribution in [2.45, 2.75) is 13.8 Å². The lowest BCUT2D eigenvalue weighted by atomic mass is 9.92. The normalized spacial score (nSPS) is 10.9. The van der Waals surface area contributed by atoms with Gasteiger partial charge in [-0.25, -0.2) is 0 Å². The number of benzene rings is 1. The number of nitrogens with zero attached hydrogens (tertiary/aromatic N) is 1. The molecule has 1 rings (SSSR count). The summed E-state index contributed by atoms with van der Waals surface area (Å²) in [6.45, 7) is 3.31. The van der Waals surface area contributed by atoms with Crippen molar-refractivity contribution in [3.63, 3.8) is 0 Å². The zero-order valence-electron chi connectivity index (χ0n) is 11.9. The Labute approximate surface area is 120 Å². The monoisotopic (exact) mass is 297 g/mol. The van der Waals surface area contributed by atoms with Crippen molar-refractivity contribution in [2.75, 3.05) is 13.6 Å². The van der Waals surface area contributed by atoms with Crippen molar-refractivity contribution in [1.29, 1.82) is 0 Å². The Balaban J connectivity index is 2.84. The summed E-state index contributed by atoms with van der Waals surface area (Å²) in [5.41, 5.74) is -1.65. The Morgan fingerprint density at radius 3 is 2.52 bits per heavy atom. The zero-order valence-corrected chi connectivity index (χ0v) is 11.9. The fourth-order valence-electron chi connectivity index (χ4n) is 1.62. The largest absolute Gasteiger partial charge is 0.359 e. The smallest absolute Gasteiger partial charge is 0.305 e. The summed E-state index contributed by atoms with van der Waals surface area (Å²) in [4.78, 5) is 33.2. The molecule has 0 heterocycles. The number of amides is 2. The third-order valence-corrected chi connectivity index (χ3v) is 2.94. The summed E-state index contributed by atoms with van der Waals surface area (Å²) >= 11 is 0. The van der Waals surface area contributed by atoms with Gasteiger partial charge in [0.1, 0.15) is 0 Å². The fraction of sp³-hybridized carbons (Fsp3) is 0.385. The lowest BCUT2D eigenvalue weighted by molar-refractivity contribution is -0.387. The van der Waals surface area contributed by atoms with E-state index in [0.717, 1.165) is 18.2 Å². The first-order valence-corrected chi connectivity index (χ1v) is 6.13. The van der Waals surface area contributed by atoms with Crippen LogP contribution in [0, 0.1) is 21.3 Å². The Morgan fingerprint density at radius 2 is 2.00 bits per heavy atom. The SMILES string of the molecule is CNC(=O)C(C)(C)CNC(=O)c1ccc(F)c([N+](=O)[O-])c1. The zero-order chi connectivity index (χ0) is 16.2. The molecule has 0 spiro atoms. The molecular weight excluding hydrogens is 281 g/mol. The van der Waals surface area contributed by atoms with E-state index >= 15 is 0 Å². The minimum Gasteiger partial charge on any atom is -0.359 e. The van der Waals surface area contributed by atoms with Gasteiger partial charge in [0.2, 0.25) is 11.7 Å². The van der Waals surface area contributed by atoms with Crippen molar-refractivity contribution in [2.24, 2.45) is 5.41 Å². The first kappa shape index (κ1) is 16.5. The van der Waals surface area contributed by atoms with Gasteiger partial charge in [-0.3, -0.25) is 19.7 Å². The van der Waals surface area contributed by atoms with Crippen molar-refractivity contribution >= 4 is 17.5 Å². The number of nitrogens with one attached hydrogen (secondary N) is 2. The molecule has 0 saturated heterocycles. The molecule has 1 aromatic carbocycles. The van der Waals surface area contributed by atoms with Crippen LogP contribution in [0.3, 0.4) is 0 Å². The summed E-state index contributed by atoms with van der Waals surface area (Å²) in [7, 11) is 1.48. The molecule has 0 aliphatic heterocycles. The van der Waals surface area contributed by atoms with Gasteiger partial charge in [0.05, 0.1) is 10.3 Å². The van der Waals surface area contributed by atoms with E-state index in [1.807, 2.05) is 0 Å². The van der Waals surface area contributed by atoms with E-state index in [9.17, 15) is 24.1 Å². The van der Waals surface area contributed by atoms with E-state index in [-0.39, 0.29) is 18.0 Å². The fourth-order valence-corrected chi connectivity index (χ4v) is 1.62. The standard InChI is InChI=1S/C13H16FN3O4/c1-13(2,12(19)15-3)7-16-11(18)8-4-5-9(14)10(6-8)17(20)21/h4-6H,7H2,1-3H3,(H,15,19)(H,16,18). The molecule has 1 aromatic rings. The predicted octanol–water partition coefficient (Wildman–Crippen LogP) is 1.24. The van der Waals surface area contributed by atoms with E-state index in [4.69, 9.17) is 0 Å². The number of carbonyl (C=O) groups excluding carboxylic acids is 2. The quantitative estimate of drug-likeness (QED) is 0.630. The molecule has 0 aliphatic rings. The summed E-state index contributed by atoms with van der Waals surface area (Å²) in [5.74, 6) is -1.88. The molecular formula is C13H16FN3O4. The maximum absolute atomic E-state index is 13.2. The molecule has 0 atom stereocenters. The number of hydrogen-bond acceptors (Lipinski definition) is 4. The summed E-state index contributed by atoms with van der Waals surface area (Å²) in [5, 5.41) is 15.6. The summed E-state index contributed by atoms with van der Waals surface area (Å²) < 4.78 is 13.2. The number of nitro benzene ring substituents is 1. The molecule has 0 fully saturated rings. The van der Waals surface area contributed by atoms with Gasteiger partial charge in [-0.05, 0) is 26.0 Å². The average molecular weight is 297 g/mol. The molecule has 21 heavy (non-hydrogen) atoms. The molecule has 8 heteroatoms. The second-order valence-electron chi connectivity index (χ2n) is 5.07. The minimum atomic E-state index is -1.01. The number of nitro groups is 1. The highest BCUT2D eigenvalue weighted by molar-refractivity contribution is 5.95. The van der Waals surface area contributed by atoms with Gasteiger partial charge in [-0.2, -0.15) is 4.39 Å². The van der Waals surface area contributed by atoms with Crippen LogP contribution in [0.5, 0.6) is 0 Å². The molecule has 114 valence electrons. The topological polar surface area (TPSA) is 101 Å². The van der Waals surface area contributed by atoms with Crippen LogP contribution in [0.15, 0.2) is 18.2 Å². The molecule has 0 unspecified atom stereocenters. The van der Waals surface area contributed by atoms with Gasteiger partial charge in [0.25, 0.3) is 5.91 Å². The second kappa shape index (κ2) is 6.29. The lowest BCUT2D eigenvalue weighted by Crippen LogP contribution is -2.43. The first-order chi connectivity index (χ1) is 9.69. The van der Waals surface area contributed by atoms with Gasteiger partial charge in [-0.15, -0.1) is 0 Å². The van der Waals surface area contributed by atoms with Crippen LogP contribution in [-0.2, 0) is 4.79 Å². The minimum absolute atomic E-state index is 0.0384. The number of carbonyl (C=O) groups is 2. The maximum atomic E-state index is 13.2. The third-order valence-electron chi connectivity index (χ3n) is 2.94. The average Bonchev–Trinajstić information content (AvgIpc) is 2.44. The van der Waals surface area contributed by atoms with E-state index in [2.05, 4.69) is 10.6 Å². The highest BCUT2D eigenvalue weighted by Gasteiger charge is 2.27. The van der Waals surface area contributed by atoms with Gasteiger partial charge in [-0.1, -0.05) is 0 Å². The summed E-state index contributed by atoms with van der Waals surface area (Å²) in [6.07, 6.45) is 0. The Morgan fingerprint density at radius 1 is 1.38 bits per heavy atom.